The fourth-order valence-electron chi connectivity index (χ4n) is 5.76. The molecule has 10 heteroatoms. The van der Waals surface area contributed by atoms with Gasteiger partial charge in [-0.1, -0.05) is 62.3 Å². The van der Waals surface area contributed by atoms with Gasteiger partial charge in [0.15, 0.2) is 10.1 Å². The minimum atomic E-state index is -0.639. The molecule has 1 aromatic carbocycles. The van der Waals surface area contributed by atoms with Crippen LogP contribution >= 0.6 is 23.1 Å². The number of nitrogens with zero attached hydrogens (tertiary/aromatic N) is 4. The van der Waals surface area contributed by atoms with E-state index < -0.39 is 5.92 Å². The molecule has 2 aliphatic carbocycles. The van der Waals surface area contributed by atoms with Crippen molar-refractivity contribution in [3.63, 3.8) is 0 Å². The van der Waals surface area contributed by atoms with Crippen LogP contribution in [0.4, 0.5) is 5.13 Å². The molecule has 1 aromatic heterocycles. The first-order chi connectivity index (χ1) is 18.3. The maximum atomic E-state index is 13.8. The zero-order valence-corrected chi connectivity index (χ0v) is 23.9. The number of nitriles is 1. The van der Waals surface area contributed by atoms with Gasteiger partial charge < -0.3 is 15.2 Å². The Morgan fingerprint density at radius 2 is 1.92 bits per heavy atom. The number of ether oxygens (including phenoxy) is 2. The van der Waals surface area contributed by atoms with Gasteiger partial charge in [0.25, 0.3) is 0 Å². The van der Waals surface area contributed by atoms with Crippen molar-refractivity contribution >= 4 is 34.0 Å². The Morgan fingerprint density at radius 1 is 1.16 bits per heavy atom. The Hall–Kier alpha value is -3.03. The number of aromatic nitrogens is 2. The molecular weight excluding hydrogens is 518 g/mol. The molecule has 0 amide bonds. The summed E-state index contributed by atoms with van der Waals surface area (Å²) in [5.41, 5.74) is 8.89. The van der Waals surface area contributed by atoms with Gasteiger partial charge in [-0.15, -0.1) is 10.2 Å². The minimum Gasteiger partial charge on any atom is -0.497 e. The summed E-state index contributed by atoms with van der Waals surface area (Å²) < 4.78 is 12.0. The zero-order valence-electron chi connectivity index (χ0n) is 22.2. The number of benzene rings is 1. The molecule has 1 atom stereocenters. The number of thioether (sulfide) groups is 1. The first kappa shape index (κ1) is 26.6. The van der Waals surface area contributed by atoms with Crippen molar-refractivity contribution in [2.75, 3.05) is 19.1 Å². The molecule has 0 radical (unpaired) electrons. The number of carbonyl (C=O) groups excluding carboxylic acids is 1. The number of rotatable bonds is 6. The van der Waals surface area contributed by atoms with Crippen LogP contribution in [0.2, 0.25) is 0 Å². The van der Waals surface area contributed by atoms with E-state index in [9.17, 15) is 10.1 Å². The quantitative estimate of drug-likeness (QED) is 0.467. The number of anilines is 1. The highest BCUT2D eigenvalue weighted by atomic mass is 32.2. The topological polar surface area (TPSA) is 114 Å². The summed E-state index contributed by atoms with van der Waals surface area (Å²) in [6, 6.07) is 7.75. The van der Waals surface area contributed by atoms with Gasteiger partial charge in [-0.3, -0.25) is 9.69 Å². The monoisotopic (exact) mass is 551 g/mol. The number of hydrogen-bond acceptors (Lipinski definition) is 10. The van der Waals surface area contributed by atoms with Crippen LogP contribution < -0.4 is 20.1 Å². The van der Waals surface area contributed by atoms with E-state index in [4.69, 9.17) is 15.2 Å². The summed E-state index contributed by atoms with van der Waals surface area (Å²) in [7, 11) is 3.15. The van der Waals surface area contributed by atoms with Gasteiger partial charge in [-0.05, 0) is 30.7 Å². The summed E-state index contributed by atoms with van der Waals surface area (Å²) in [5, 5.41) is 20.5. The molecule has 1 unspecified atom stereocenters. The molecule has 2 aromatic rings. The summed E-state index contributed by atoms with van der Waals surface area (Å²) >= 11 is 3.25. The molecule has 3 aliphatic rings. The van der Waals surface area contributed by atoms with Gasteiger partial charge in [-0.2, -0.15) is 5.26 Å². The van der Waals surface area contributed by atoms with Gasteiger partial charge in [0.2, 0.25) is 5.13 Å². The molecule has 200 valence electrons. The van der Waals surface area contributed by atoms with Crippen molar-refractivity contribution in [3.05, 3.63) is 46.4 Å². The van der Waals surface area contributed by atoms with Crippen LogP contribution in [0.25, 0.3) is 0 Å². The molecule has 2 N–H and O–H groups in total. The largest absolute Gasteiger partial charge is 0.497 e. The van der Waals surface area contributed by atoms with Gasteiger partial charge in [-0.25, -0.2) is 0 Å². The Morgan fingerprint density at radius 3 is 2.61 bits per heavy atom. The second-order valence-corrected chi connectivity index (χ2v) is 13.3. The molecule has 38 heavy (non-hydrogen) atoms. The lowest BCUT2D eigenvalue weighted by molar-refractivity contribution is -0.118. The van der Waals surface area contributed by atoms with Crippen molar-refractivity contribution in [2.24, 2.45) is 11.1 Å². The SMILES string of the molecule is COc1ccc(C2C(C#N)=C(N)N(c3nnc(SC4CCCCC4)s3)C3=C2C(=O)CC(C)(C)C3)c(OC)c1. The van der Waals surface area contributed by atoms with E-state index in [1.807, 2.05) is 17.0 Å². The number of hydrogen-bond donors (Lipinski definition) is 1. The molecule has 0 saturated heterocycles. The predicted molar refractivity (Wildman–Crippen MR) is 149 cm³/mol. The highest BCUT2D eigenvalue weighted by molar-refractivity contribution is 8.01. The minimum absolute atomic E-state index is 0.00527. The summed E-state index contributed by atoms with van der Waals surface area (Å²) in [6.45, 7) is 4.17. The molecule has 0 spiro atoms. The molecule has 8 nitrogen and oxygen atoms in total. The third kappa shape index (κ3) is 4.90. The highest BCUT2D eigenvalue weighted by Crippen LogP contribution is 2.52. The molecular formula is C28H33N5O3S2. The highest BCUT2D eigenvalue weighted by Gasteiger charge is 2.46. The second-order valence-electron chi connectivity index (χ2n) is 10.8. The van der Waals surface area contributed by atoms with Crippen LogP contribution in [-0.2, 0) is 4.79 Å². The maximum Gasteiger partial charge on any atom is 0.219 e. The van der Waals surface area contributed by atoms with Crippen molar-refractivity contribution in [1.29, 1.82) is 5.26 Å². The van der Waals surface area contributed by atoms with E-state index in [1.165, 1.54) is 43.4 Å². The molecule has 5 rings (SSSR count). The van der Waals surface area contributed by atoms with Crippen LogP contribution in [0.3, 0.4) is 0 Å². The average molecular weight is 552 g/mol. The summed E-state index contributed by atoms with van der Waals surface area (Å²) in [4.78, 5) is 15.6. The number of Topliss-reactive ketones (excluding diaryl/α,β-unsaturated/α-hetero) is 1. The molecule has 1 fully saturated rings. The van der Waals surface area contributed by atoms with E-state index in [1.54, 1.807) is 32.0 Å². The number of methoxy groups -OCH3 is 2. The summed E-state index contributed by atoms with van der Waals surface area (Å²) in [6.07, 6.45) is 7.17. The number of allylic oxidation sites excluding steroid dienone is 3. The Bertz CT molecular complexity index is 1350. The zero-order chi connectivity index (χ0) is 27.0. The van der Waals surface area contributed by atoms with E-state index >= 15 is 0 Å². The third-order valence-electron chi connectivity index (χ3n) is 7.54. The van der Waals surface area contributed by atoms with Crippen LogP contribution in [0.5, 0.6) is 11.5 Å². The van der Waals surface area contributed by atoms with E-state index in [-0.39, 0.29) is 17.0 Å². The van der Waals surface area contributed by atoms with E-state index in [2.05, 4.69) is 30.1 Å². The Labute approximate surface area is 231 Å². The number of nitrogens with two attached hydrogens (primary N) is 1. The second kappa shape index (κ2) is 10.6. The molecule has 2 heterocycles. The number of carbonyl (C=O) groups is 1. The lowest BCUT2D eigenvalue weighted by Crippen LogP contribution is -2.42. The van der Waals surface area contributed by atoms with Gasteiger partial charge in [0, 0.05) is 34.6 Å². The standard InChI is InChI=1S/C28H33N5O3S2/c1-28(2)13-20-24(21(34)14-28)23(18-11-10-16(35-3)12-22(18)36-4)19(15-29)25(30)33(20)26-31-32-27(38-26)37-17-8-6-5-7-9-17/h10-12,17,23H,5-9,13-14,30H2,1-4H3. The smallest absolute Gasteiger partial charge is 0.219 e. The first-order valence-electron chi connectivity index (χ1n) is 12.9. The Balaban J connectivity index is 1.63. The molecule has 1 aliphatic heterocycles. The predicted octanol–water partition coefficient (Wildman–Crippen LogP) is 5.92. The Kier molecular flexibility index (Phi) is 7.43. The average Bonchev–Trinajstić information content (AvgIpc) is 3.35. The maximum absolute atomic E-state index is 13.8. The molecule has 1 saturated carbocycles. The molecule has 0 bridgehead atoms. The fraction of sp³-hybridized carbons (Fsp3) is 0.500. The van der Waals surface area contributed by atoms with Gasteiger partial charge in [0.05, 0.1) is 31.8 Å². The van der Waals surface area contributed by atoms with Crippen LogP contribution in [-0.4, -0.2) is 35.5 Å². The van der Waals surface area contributed by atoms with E-state index in [0.29, 0.717) is 51.4 Å². The third-order valence-corrected chi connectivity index (χ3v) is 9.87. The normalized spacial score (nSPS) is 21.8. The first-order valence-corrected chi connectivity index (χ1v) is 14.6. The van der Waals surface area contributed by atoms with E-state index in [0.717, 1.165) is 10.0 Å². The lowest BCUT2D eigenvalue weighted by atomic mass is 9.68. The van der Waals surface area contributed by atoms with Crippen LogP contribution in [0, 0.1) is 16.7 Å². The lowest BCUT2D eigenvalue weighted by Gasteiger charge is -2.42. The van der Waals surface area contributed by atoms with Crippen LogP contribution in [0.1, 0.15) is 70.3 Å². The van der Waals surface area contributed by atoms with Crippen molar-refractivity contribution in [1.82, 2.24) is 10.2 Å². The van der Waals surface area contributed by atoms with Crippen molar-refractivity contribution in [2.45, 2.75) is 74.3 Å². The van der Waals surface area contributed by atoms with Crippen molar-refractivity contribution < 1.29 is 14.3 Å². The number of ketones is 1. The van der Waals surface area contributed by atoms with Gasteiger partial charge in [0.1, 0.15) is 17.3 Å². The van der Waals surface area contributed by atoms with Crippen molar-refractivity contribution in [3.8, 4) is 17.6 Å². The fourth-order valence-corrected chi connectivity index (χ4v) is 8.15. The summed E-state index contributed by atoms with van der Waals surface area (Å²) in [5.74, 6) is 0.811. The van der Waals surface area contributed by atoms with Crippen LogP contribution in [0.15, 0.2) is 45.2 Å². The van der Waals surface area contributed by atoms with Gasteiger partial charge >= 0.3 is 0 Å².